The fraction of sp³-hybridized carbons (Fsp3) is 0.206. The number of aliphatic carboxylic acids is 1. The van der Waals surface area contributed by atoms with E-state index in [2.05, 4.69) is 0 Å². The lowest BCUT2D eigenvalue weighted by Gasteiger charge is -2.21. The molecule has 1 amide bonds. The summed E-state index contributed by atoms with van der Waals surface area (Å²) in [5.74, 6) is -0.432. The zero-order valence-electron chi connectivity index (χ0n) is 23.5. The number of amides is 1. The Kier molecular flexibility index (Phi) is 10.3. The van der Waals surface area contributed by atoms with Crippen LogP contribution in [0.4, 0.5) is 11.4 Å². The summed E-state index contributed by atoms with van der Waals surface area (Å²) < 4.78 is 11.9. The monoisotopic (exact) mass is 566 g/mol. The van der Waals surface area contributed by atoms with E-state index in [0.717, 1.165) is 12.0 Å². The molecule has 0 aliphatic rings. The Hall–Kier alpha value is -5.11. The largest absolute Gasteiger partial charge is 0.491 e. The van der Waals surface area contributed by atoms with E-state index in [-0.39, 0.29) is 29.4 Å². The van der Waals surface area contributed by atoms with Crippen LogP contribution in [0.15, 0.2) is 97.1 Å². The Bertz CT molecular complexity index is 1540. The van der Waals surface area contributed by atoms with Gasteiger partial charge in [-0.1, -0.05) is 60.7 Å². The number of hydrogen-bond donors (Lipinski definition) is 2. The summed E-state index contributed by atoms with van der Waals surface area (Å²) in [6.45, 7) is 0.719. The van der Waals surface area contributed by atoms with Gasteiger partial charge in [-0.3, -0.25) is 14.4 Å². The number of nitrogen functional groups attached to an aromatic ring is 1. The van der Waals surface area contributed by atoms with E-state index in [4.69, 9.17) is 20.3 Å². The number of para-hydroxylation sites is 3. The highest BCUT2D eigenvalue weighted by Crippen LogP contribution is 2.30. The first kappa shape index (κ1) is 29.9. The normalized spacial score (nSPS) is 10.6. The molecule has 8 nitrogen and oxygen atoms in total. The number of nitrogens with two attached hydrogens (primary N) is 1. The molecule has 0 saturated heterocycles. The maximum absolute atomic E-state index is 13.5. The maximum Gasteiger partial charge on any atom is 0.303 e. The highest BCUT2D eigenvalue weighted by molar-refractivity contribution is 6.14. The van der Waals surface area contributed by atoms with Gasteiger partial charge < -0.3 is 25.2 Å². The molecule has 0 aliphatic heterocycles. The summed E-state index contributed by atoms with van der Waals surface area (Å²) >= 11 is 0. The minimum atomic E-state index is -0.809. The minimum Gasteiger partial charge on any atom is -0.491 e. The van der Waals surface area contributed by atoms with Crippen LogP contribution in [-0.4, -0.2) is 36.4 Å². The Morgan fingerprint density at radius 3 is 2.19 bits per heavy atom. The lowest BCUT2D eigenvalue weighted by atomic mass is 9.99. The molecule has 0 aromatic heterocycles. The van der Waals surface area contributed by atoms with Crippen molar-refractivity contribution in [2.24, 2.45) is 0 Å². The molecule has 0 aliphatic carbocycles. The molecule has 216 valence electrons. The van der Waals surface area contributed by atoms with Gasteiger partial charge in [0.1, 0.15) is 18.1 Å². The van der Waals surface area contributed by atoms with Crippen molar-refractivity contribution < 1.29 is 29.0 Å². The number of carboxylic acid groups (broad SMARTS) is 1. The van der Waals surface area contributed by atoms with Crippen LogP contribution in [0.25, 0.3) is 0 Å². The van der Waals surface area contributed by atoms with Gasteiger partial charge in [0.25, 0.3) is 5.91 Å². The molecule has 4 rings (SSSR count). The van der Waals surface area contributed by atoms with Crippen LogP contribution in [0, 0.1) is 0 Å². The third-order valence-corrected chi connectivity index (χ3v) is 6.74. The second-order valence-electron chi connectivity index (χ2n) is 9.79. The van der Waals surface area contributed by atoms with Gasteiger partial charge in [-0.15, -0.1) is 0 Å². The van der Waals surface area contributed by atoms with E-state index in [1.165, 1.54) is 11.0 Å². The van der Waals surface area contributed by atoms with Gasteiger partial charge in [-0.2, -0.15) is 0 Å². The van der Waals surface area contributed by atoms with E-state index in [1.807, 2.05) is 42.5 Å². The predicted octanol–water partition coefficient (Wildman–Crippen LogP) is 6.38. The van der Waals surface area contributed by atoms with Crippen molar-refractivity contribution in [2.45, 2.75) is 32.3 Å². The number of rotatable bonds is 14. The molecule has 0 unspecified atom stereocenters. The molecule has 0 spiro atoms. The van der Waals surface area contributed by atoms with Crippen molar-refractivity contribution >= 4 is 29.0 Å². The second kappa shape index (κ2) is 14.5. The molecule has 0 atom stereocenters. The van der Waals surface area contributed by atoms with E-state index in [0.29, 0.717) is 54.4 Å². The molecule has 0 heterocycles. The van der Waals surface area contributed by atoms with E-state index < -0.39 is 5.97 Å². The molecule has 0 saturated carbocycles. The summed E-state index contributed by atoms with van der Waals surface area (Å²) in [4.78, 5) is 39.0. The number of carboxylic acids is 1. The fourth-order valence-corrected chi connectivity index (χ4v) is 4.45. The molecular formula is C34H34N2O6. The number of ketones is 1. The van der Waals surface area contributed by atoms with Crippen LogP contribution in [0.1, 0.15) is 57.5 Å². The van der Waals surface area contributed by atoms with E-state index >= 15 is 0 Å². The third kappa shape index (κ3) is 7.75. The summed E-state index contributed by atoms with van der Waals surface area (Å²) in [7, 11) is 1.64. The van der Waals surface area contributed by atoms with Gasteiger partial charge in [0.2, 0.25) is 0 Å². The molecular weight excluding hydrogens is 532 g/mol. The lowest BCUT2D eigenvalue weighted by Crippen LogP contribution is -2.27. The van der Waals surface area contributed by atoms with Gasteiger partial charge in [-0.05, 0) is 61.2 Å². The zero-order chi connectivity index (χ0) is 29.9. The van der Waals surface area contributed by atoms with Crippen LogP contribution < -0.4 is 20.1 Å². The van der Waals surface area contributed by atoms with Crippen molar-refractivity contribution in [2.75, 3.05) is 24.3 Å². The molecule has 4 aromatic rings. The average Bonchev–Trinajstić information content (AvgIpc) is 3.01. The predicted molar refractivity (Wildman–Crippen MR) is 162 cm³/mol. The standard InChI is InChI=1S/C34H34N2O6/c1-36(29-15-8-10-17-31(29)41-21-11-3-6-18-32(37)38)34(40)26-20-19-25(22-28(26)35)33(39)27-14-7-9-16-30(27)42-23-24-12-4-2-5-13-24/h2,4-5,7-10,12-17,19-20,22H,3,6,11,18,21,23,35H2,1H3,(H,37,38). The van der Waals surface area contributed by atoms with Crippen molar-refractivity contribution in [1.82, 2.24) is 0 Å². The Morgan fingerprint density at radius 2 is 1.45 bits per heavy atom. The first-order valence-corrected chi connectivity index (χ1v) is 13.8. The fourth-order valence-electron chi connectivity index (χ4n) is 4.45. The van der Waals surface area contributed by atoms with Crippen molar-refractivity contribution in [3.8, 4) is 11.5 Å². The first-order valence-electron chi connectivity index (χ1n) is 13.8. The second-order valence-corrected chi connectivity index (χ2v) is 9.79. The number of hydrogen-bond acceptors (Lipinski definition) is 6. The Morgan fingerprint density at radius 1 is 0.762 bits per heavy atom. The summed E-state index contributed by atoms with van der Waals surface area (Å²) in [5.41, 5.74) is 9.04. The molecule has 8 heteroatoms. The number of benzene rings is 4. The SMILES string of the molecule is CN(C(=O)c1ccc(C(=O)c2ccccc2OCc2ccccc2)cc1N)c1ccccc1OCCCCCC(=O)O. The van der Waals surface area contributed by atoms with E-state index in [1.54, 1.807) is 55.6 Å². The number of carbonyl (C=O) groups is 3. The van der Waals surface area contributed by atoms with Crippen molar-refractivity contribution in [1.29, 1.82) is 0 Å². The molecule has 0 bridgehead atoms. The van der Waals surface area contributed by atoms with Crippen LogP contribution in [0.3, 0.4) is 0 Å². The number of carbonyl (C=O) groups excluding carboxylic acids is 2. The highest BCUT2D eigenvalue weighted by atomic mass is 16.5. The Balaban J connectivity index is 1.44. The number of ether oxygens (including phenoxy) is 2. The minimum absolute atomic E-state index is 0.133. The summed E-state index contributed by atoms with van der Waals surface area (Å²) in [5, 5.41) is 8.77. The van der Waals surface area contributed by atoms with Gasteiger partial charge in [0.05, 0.1) is 23.4 Å². The lowest BCUT2D eigenvalue weighted by molar-refractivity contribution is -0.137. The van der Waals surface area contributed by atoms with Crippen LogP contribution in [0.2, 0.25) is 0 Å². The van der Waals surface area contributed by atoms with Crippen LogP contribution in [0.5, 0.6) is 11.5 Å². The van der Waals surface area contributed by atoms with Crippen LogP contribution in [-0.2, 0) is 11.4 Å². The topological polar surface area (TPSA) is 119 Å². The van der Waals surface area contributed by atoms with Crippen molar-refractivity contribution in [3.63, 3.8) is 0 Å². The molecule has 0 radical (unpaired) electrons. The molecule has 42 heavy (non-hydrogen) atoms. The third-order valence-electron chi connectivity index (χ3n) is 6.74. The number of anilines is 2. The smallest absolute Gasteiger partial charge is 0.303 e. The first-order chi connectivity index (χ1) is 20.3. The molecule has 0 fully saturated rings. The van der Waals surface area contributed by atoms with Gasteiger partial charge in [0.15, 0.2) is 5.78 Å². The summed E-state index contributed by atoms with van der Waals surface area (Å²) in [6.07, 6.45) is 2.15. The highest BCUT2D eigenvalue weighted by Gasteiger charge is 2.21. The molecule has 3 N–H and O–H groups in total. The van der Waals surface area contributed by atoms with Gasteiger partial charge in [0, 0.05) is 24.7 Å². The number of unbranched alkanes of at least 4 members (excludes halogenated alkanes) is 2. The van der Waals surface area contributed by atoms with Gasteiger partial charge in [-0.25, -0.2) is 0 Å². The molecule has 4 aromatic carbocycles. The quantitative estimate of drug-likeness (QED) is 0.103. The van der Waals surface area contributed by atoms with E-state index in [9.17, 15) is 14.4 Å². The zero-order valence-corrected chi connectivity index (χ0v) is 23.5. The number of nitrogens with zero attached hydrogens (tertiary/aromatic N) is 1. The van der Waals surface area contributed by atoms with Gasteiger partial charge >= 0.3 is 5.97 Å². The van der Waals surface area contributed by atoms with Crippen LogP contribution >= 0.6 is 0 Å². The van der Waals surface area contributed by atoms with Crippen molar-refractivity contribution in [3.05, 3.63) is 119 Å². The average molecular weight is 567 g/mol. The maximum atomic E-state index is 13.5. The summed E-state index contributed by atoms with van der Waals surface area (Å²) in [6, 6.07) is 28.6. The Labute approximate surface area is 245 Å².